The first-order valence-corrected chi connectivity index (χ1v) is 8.37. The Morgan fingerprint density at radius 2 is 1.96 bits per heavy atom. The number of anilines is 1. The van der Waals surface area contributed by atoms with Gasteiger partial charge in [-0.2, -0.15) is 5.10 Å². The maximum Gasteiger partial charge on any atom is 0.345 e. The lowest BCUT2D eigenvalue weighted by Crippen LogP contribution is -2.33. The molecule has 0 saturated heterocycles. The summed E-state index contributed by atoms with van der Waals surface area (Å²) in [6.07, 6.45) is 0.259. The largest absolute Gasteiger partial charge is 0.465 e. The number of nitrogens with zero attached hydrogens (tertiary/aromatic N) is 2. The van der Waals surface area contributed by atoms with Gasteiger partial charge in [0.05, 0.1) is 17.2 Å². The molecule has 3 rings (SSSR count). The minimum Gasteiger partial charge on any atom is -0.465 e. The van der Waals surface area contributed by atoms with Gasteiger partial charge < -0.3 is 9.26 Å². The zero-order valence-electron chi connectivity index (χ0n) is 13.8. The highest BCUT2D eigenvalue weighted by Gasteiger charge is 2.30. The smallest absolute Gasteiger partial charge is 0.345 e. The molecule has 2 amide bonds. The highest BCUT2D eigenvalue weighted by molar-refractivity contribution is 6.44. The standard InChI is InChI=1S/C16H12Cl2N4O5/c1-26-16(25)12-13(11-7(17)3-2-4-8(11)18)22-27-15(12)19-14(24)9-5-6-10(23)21-20-9/h2-4H,5-6H2,1H3,(H,19,24)(H,21,23). The molecule has 0 spiro atoms. The summed E-state index contributed by atoms with van der Waals surface area (Å²) in [4.78, 5) is 35.7. The van der Waals surface area contributed by atoms with E-state index < -0.39 is 11.9 Å². The van der Waals surface area contributed by atoms with Crippen molar-refractivity contribution in [3.8, 4) is 11.3 Å². The maximum atomic E-state index is 12.3. The Bertz CT molecular complexity index is 949. The van der Waals surface area contributed by atoms with E-state index in [1.54, 1.807) is 18.2 Å². The Balaban J connectivity index is 2.00. The van der Waals surface area contributed by atoms with Gasteiger partial charge >= 0.3 is 5.97 Å². The van der Waals surface area contributed by atoms with Crippen molar-refractivity contribution in [3.63, 3.8) is 0 Å². The molecule has 0 unspecified atom stereocenters. The van der Waals surface area contributed by atoms with Crippen molar-refractivity contribution in [2.24, 2.45) is 5.10 Å². The molecule has 0 fully saturated rings. The molecular formula is C16H12Cl2N4O5. The van der Waals surface area contributed by atoms with Gasteiger partial charge in [0, 0.05) is 18.4 Å². The number of hydrazone groups is 1. The molecule has 11 heteroatoms. The number of benzene rings is 1. The molecule has 2 heterocycles. The van der Waals surface area contributed by atoms with Crippen molar-refractivity contribution in [2.75, 3.05) is 12.4 Å². The van der Waals surface area contributed by atoms with Gasteiger partial charge in [0.25, 0.3) is 5.91 Å². The summed E-state index contributed by atoms with van der Waals surface area (Å²) in [5.41, 5.74) is 2.40. The quantitative estimate of drug-likeness (QED) is 0.746. The van der Waals surface area contributed by atoms with Gasteiger partial charge in [0.15, 0.2) is 5.56 Å². The molecule has 140 valence electrons. The van der Waals surface area contributed by atoms with Crippen LogP contribution in [-0.4, -0.2) is 35.8 Å². The number of hydrogen-bond acceptors (Lipinski definition) is 7. The summed E-state index contributed by atoms with van der Waals surface area (Å²) in [6.45, 7) is 0. The van der Waals surface area contributed by atoms with Crippen LogP contribution >= 0.6 is 23.2 Å². The van der Waals surface area contributed by atoms with Crippen LogP contribution in [0.25, 0.3) is 11.3 Å². The lowest BCUT2D eigenvalue weighted by atomic mass is 10.1. The van der Waals surface area contributed by atoms with E-state index >= 15 is 0 Å². The predicted molar refractivity (Wildman–Crippen MR) is 96.7 cm³/mol. The summed E-state index contributed by atoms with van der Waals surface area (Å²) < 4.78 is 9.88. The van der Waals surface area contributed by atoms with Crippen LogP contribution in [0.4, 0.5) is 5.88 Å². The molecule has 0 saturated carbocycles. The number of hydrogen-bond donors (Lipinski definition) is 2. The van der Waals surface area contributed by atoms with E-state index in [9.17, 15) is 14.4 Å². The second-order valence-electron chi connectivity index (χ2n) is 5.37. The summed E-state index contributed by atoms with van der Waals surface area (Å²) >= 11 is 12.3. The Labute approximate surface area is 162 Å². The molecule has 1 aliphatic rings. The van der Waals surface area contributed by atoms with E-state index in [-0.39, 0.29) is 57.2 Å². The number of amides is 2. The average Bonchev–Trinajstić information content (AvgIpc) is 3.04. The molecule has 27 heavy (non-hydrogen) atoms. The maximum absolute atomic E-state index is 12.3. The third-order valence-electron chi connectivity index (χ3n) is 3.67. The van der Waals surface area contributed by atoms with Gasteiger partial charge in [-0.25, -0.2) is 10.2 Å². The number of carbonyl (C=O) groups excluding carboxylic acids is 3. The van der Waals surface area contributed by atoms with Crippen LogP contribution in [0.3, 0.4) is 0 Å². The van der Waals surface area contributed by atoms with Crippen molar-refractivity contribution >= 4 is 52.6 Å². The Morgan fingerprint density at radius 1 is 1.26 bits per heavy atom. The Morgan fingerprint density at radius 3 is 2.56 bits per heavy atom. The number of aromatic nitrogens is 1. The third kappa shape index (κ3) is 3.79. The lowest BCUT2D eigenvalue weighted by molar-refractivity contribution is -0.121. The van der Waals surface area contributed by atoms with E-state index in [4.69, 9.17) is 32.5 Å². The molecule has 1 aromatic carbocycles. The first-order chi connectivity index (χ1) is 12.9. The SMILES string of the molecule is COC(=O)c1c(-c2c(Cl)cccc2Cl)noc1NC(=O)C1=NNC(=O)CC1. The second kappa shape index (κ2) is 7.77. The van der Waals surface area contributed by atoms with Gasteiger partial charge in [-0.15, -0.1) is 0 Å². The van der Waals surface area contributed by atoms with Gasteiger partial charge in [0.2, 0.25) is 11.8 Å². The van der Waals surface area contributed by atoms with Gasteiger partial charge in [-0.3, -0.25) is 14.9 Å². The van der Waals surface area contributed by atoms with E-state index in [1.165, 1.54) is 7.11 Å². The molecule has 2 N–H and O–H groups in total. The number of methoxy groups -OCH3 is 1. The molecular weight excluding hydrogens is 399 g/mol. The zero-order chi connectivity index (χ0) is 19.6. The van der Waals surface area contributed by atoms with E-state index in [1.807, 2.05) is 0 Å². The van der Waals surface area contributed by atoms with Crippen LogP contribution < -0.4 is 10.7 Å². The monoisotopic (exact) mass is 410 g/mol. The first kappa shape index (κ1) is 18.9. The van der Waals surface area contributed by atoms with Crippen molar-refractivity contribution in [3.05, 3.63) is 33.8 Å². The molecule has 2 aromatic rings. The number of ether oxygens (including phenoxy) is 1. The fourth-order valence-electron chi connectivity index (χ4n) is 2.37. The van der Waals surface area contributed by atoms with Crippen LogP contribution in [0.5, 0.6) is 0 Å². The van der Waals surface area contributed by atoms with Crippen LogP contribution in [-0.2, 0) is 14.3 Å². The molecule has 1 aliphatic heterocycles. The first-order valence-electron chi connectivity index (χ1n) is 7.61. The van der Waals surface area contributed by atoms with Crippen molar-refractivity contribution in [1.29, 1.82) is 0 Å². The van der Waals surface area contributed by atoms with Crippen LogP contribution in [0.1, 0.15) is 23.2 Å². The second-order valence-corrected chi connectivity index (χ2v) is 6.19. The lowest BCUT2D eigenvalue weighted by Gasteiger charge is -2.11. The minimum absolute atomic E-state index is 0.0200. The number of carbonyl (C=O) groups is 3. The van der Waals surface area contributed by atoms with E-state index in [2.05, 4.69) is 21.0 Å². The fraction of sp³-hybridized carbons (Fsp3) is 0.188. The Kier molecular flexibility index (Phi) is 5.43. The van der Waals surface area contributed by atoms with Crippen LogP contribution in [0.15, 0.2) is 27.8 Å². The molecule has 0 radical (unpaired) electrons. The molecule has 0 aliphatic carbocycles. The van der Waals surface area contributed by atoms with Gasteiger partial charge in [0.1, 0.15) is 11.4 Å². The van der Waals surface area contributed by atoms with E-state index in [0.29, 0.717) is 0 Å². The summed E-state index contributed by atoms with van der Waals surface area (Å²) in [5, 5.41) is 10.4. The summed E-state index contributed by atoms with van der Waals surface area (Å²) in [6, 6.07) is 4.76. The number of halogens is 2. The topological polar surface area (TPSA) is 123 Å². The van der Waals surface area contributed by atoms with Gasteiger partial charge in [-0.1, -0.05) is 34.4 Å². The minimum atomic E-state index is -0.809. The van der Waals surface area contributed by atoms with Crippen molar-refractivity contribution < 1.29 is 23.6 Å². The number of rotatable bonds is 4. The van der Waals surface area contributed by atoms with Crippen LogP contribution in [0, 0.1) is 0 Å². The average molecular weight is 411 g/mol. The molecule has 1 aromatic heterocycles. The number of esters is 1. The highest BCUT2D eigenvalue weighted by Crippen LogP contribution is 2.38. The predicted octanol–water partition coefficient (Wildman–Crippen LogP) is 2.64. The third-order valence-corrected chi connectivity index (χ3v) is 4.30. The molecule has 0 atom stereocenters. The zero-order valence-corrected chi connectivity index (χ0v) is 15.3. The molecule has 9 nitrogen and oxygen atoms in total. The number of nitrogens with one attached hydrogen (secondary N) is 2. The summed E-state index contributed by atoms with van der Waals surface area (Å²) in [5.74, 6) is -2.01. The molecule has 0 bridgehead atoms. The summed E-state index contributed by atoms with van der Waals surface area (Å²) in [7, 11) is 1.17. The Hall–Kier alpha value is -2.91. The van der Waals surface area contributed by atoms with Crippen molar-refractivity contribution in [2.45, 2.75) is 12.8 Å². The fourth-order valence-corrected chi connectivity index (χ4v) is 2.95. The van der Waals surface area contributed by atoms with Crippen molar-refractivity contribution in [1.82, 2.24) is 10.6 Å². The normalized spacial score (nSPS) is 13.6. The van der Waals surface area contributed by atoms with Crippen LogP contribution in [0.2, 0.25) is 10.0 Å². The van der Waals surface area contributed by atoms with E-state index in [0.717, 1.165) is 0 Å². The van der Waals surface area contributed by atoms with Gasteiger partial charge in [-0.05, 0) is 12.1 Å². The highest BCUT2D eigenvalue weighted by atomic mass is 35.5.